The Labute approximate surface area is 222 Å². The van der Waals surface area contributed by atoms with Gasteiger partial charge in [0.2, 0.25) is 5.78 Å². The van der Waals surface area contributed by atoms with E-state index in [1.165, 1.54) is 10.6 Å². The van der Waals surface area contributed by atoms with Gasteiger partial charge < -0.3 is 14.3 Å². The zero-order valence-corrected chi connectivity index (χ0v) is 23.1. The second-order valence-electron chi connectivity index (χ2n) is 10.5. The van der Waals surface area contributed by atoms with E-state index in [1.54, 1.807) is 32.9 Å². The Hall–Kier alpha value is -3.50. The second kappa shape index (κ2) is 10.3. The molecule has 1 aliphatic rings. The van der Waals surface area contributed by atoms with Gasteiger partial charge in [-0.3, -0.25) is 10.1 Å². The van der Waals surface area contributed by atoms with Gasteiger partial charge in [-0.25, -0.2) is 9.36 Å². The zero-order chi connectivity index (χ0) is 27.8. The molecule has 2 N–H and O–H groups in total. The van der Waals surface area contributed by atoms with Crippen molar-refractivity contribution in [3.63, 3.8) is 0 Å². The van der Waals surface area contributed by atoms with Gasteiger partial charge in [-0.05, 0) is 50.5 Å². The molecule has 3 aromatic rings. The molecule has 1 unspecified atom stereocenters. The van der Waals surface area contributed by atoms with E-state index in [-0.39, 0.29) is 34.6 Å². The van der Waals surface area contributed by atoms with Crippen LogP contribution in [0.15, 0.2) is 42.5 Å². The molecule has 0 saturated heterocycles. The van der Waals surface area contributed by atoms with Gasteiger partial charge in [-0.15, -0.1) is 0 Å². The summed E-state index contributed by atoms with van der Waals surface area (Å²) in [6, 6.07) is 11.6. The first-order valence-electron chi connectivity index (χ1n) is 12.5. The Kier molecular flexibility index (Phi) is 7.49. The van der Waals surface area contributed by atoms with Crippen LogP contribution in [-0.4, -0.2) is 42.4 Å². The number of benzene rings is 2. The van der Waals surface area contributed by atoms with E-state index < -0.39 is 27.9 Å². The van der Waals surface area contributed by atoms with Crippen molar-refractivity contribution in [1.29, 1.82) is 5.41 Å². The topological polar surface area (TPSA) is 128 Å². The zero-order valence-electron chi connectivity index (χ0n) is 22.3. The Morgan fingerprint density at radius 2 is 1.87 bits per heavy atom. The minimum absolute atomic E-state index is 0.00185. The molecule has 0 amide bonds. The summed E-state index contributed by atoms with van der Waals surface area (Å²) in [5.74, 6) is -0.357. The number of nitrogens with zero attached hydrogens (tertiary/aromatic N) is 1. The minimum atomic E-state index is -3.96. The van der Waals surface area contributed by atoms with Crippen LogP contribution in [0.25, 0.3) is 10.9 Å². The molecule has 1 atom stereocenters. The molecule has 38 heavy (non-hydrogen) atoms. The molecule has 2 aromatic carbocycles. The number of Topliss-reactive ketones (excluding diaryl/α,β-unsaturated/α-hetero) is 1. The van der Waals surface area contributed by atoms with Gasteiger partial charge in [0.05, 0.1) is 23.5 Å². The van der Waals surface area contributed by atoms with Crippen molar-refractivity contribution < 1.29 is 26.9 Å². The van der Waals surface area contributed by atoms with Crippen LogP contribution in [0.5, 0.6) is 5.75 Å². The van der Waals surface area contributed by atoms with Gasteiger partial charge >= 0.3 is 16.2 Å². The Morgan fingerprint density at radius 1 is 1.16 bits per heavy atom. The van der Waals surface area contributed by atoms with Gasteiger partial charge in [0.25, 0.3) is 0 Å². The number of carbonyl (C=O) groups excluding carboxylic acids is 2. The third-order valence-corrected chi connectivity index (χ3v) is 6.63. The van der Waals surface area contributed by atoms with E-state index in [0.29, 0.717) is 24.2 Å². The van der Waals surface area contributed by atoms with Crippen LogP contribution in [0, 0.1) is 5.41 Å². The summed E-state index contributed by atoms with van der Waals surface area (Å²) in [5, 5.41) is 11.8. The van der Waals surface area contributed by atoms with Crippen LogP contribution in [-0.2, 0) is 27.8 Å². The molecule has 0 aliphatic carbocycles. The quantitative estimate of drug-likeness (QED) is 0.230. The van der Waals surface area contributed by atoms with Crippen LogP contribution in [0.1, 0.15) is 73.8 Å². The summed E-state index contributed by atoms with van der Waals surface area (Å²) < 4.78 is 36.7. The highest BCUT2D eigenvalue weighted by Crippen LogP contribution is 2.37. The lowest BCUT2D eigenvalue weighted by Gasteiger charge is -2.21. The molecule has 4 rings (SSSR count). The molecule has 0 radical (unpaired) electrons. The number of ether oxygens (including phenoxy) is 1. The molecule has 0 spiro atoms. The van der Waals surface area contributed by atoms with Crippen LogP contribution >= 0.6 is 0 Å². The smallest absolute Gasteiger partial charge is 0.419 e. The maximum Gasteiger partial charge on any atom is 0.419 e. The summed E-state index contributed by atoms with van der Waals surface area (Å²) in [4.78, 5) is 27.4. The molecule has 0 saturated carbocycles. The highest BCUT2D eigenvalue weighted by molar-refractivity contribution is 7.86. The summed E-state index contributed by atoms with van der Waals surface area (Å²) in [6.45, 7) is 7.64. The SMILES string of the molecule is CCCC(=N)Cc1ccc2c(cc(C(=O)C3NCc4ccccc43)n2C(=O)OC(C)(C)C)c1OS(C)(=O)=O. The molecule has 1 aromatic heterocycles. The van der Waals surface area contributed by atoms with E-state index >= 15 is 0 Å². The van der Waals surface area contributed by atoms with Gasteiger partial charge in [0, 0.05) is 29.6 Å². The third kappa shape index (κ3) is 5.81. The summed E-state index contributed by atoms with van der Waals surface area (Å²) in [7, 11) is -3.96. The molecule has 2 heterocycles. The predicted molar refractivity (Wildman–Crippen MR) is 146 cm³/mol. The third-order valence-electron chi connectivity index (χ3n) is 6.16. The maximum atomic E-state index is 13.9. The van der Waals surface area contributed by atoms with Crippen molar-refractivity contribution in [2.24, 2.45) is 0 Å². The second-order valence-corrected chi connectivity index (χ2v) is 12.1. The first kappa shape index (κ1) is 27.5. The molecule has 0 fully saturated rings. The van der Waals surface area contributed by atoms with E-state index in [0.717, 1.165) is 23.8 Å². The normalized spacial score (nSPS) is 15.3. The first-order valence-corrected chi connectivity index (χ1v) is 14.3. The number of nitrogens with one attached hydrogen (secondary N) is 2. The average Bonchev–Trinajstić information content (AvgIpc) is 3.40. The monoisotopic (exact) mass is 539 g/mol. The standard InChI is InChI=1S/C28H33N3O6S/c1-6-9-19(29)14-17-12-13-22-21(26(17)37-38(5,34)35)15-23(31(22)27(33)36-28(2,3)4)25(32)24-20-11-8-7-10-18(20)16-30-24/h7-8,10-13,15,24,29-30H,6,9,14,16H2,1-5H3. The number of hydrogen-bond donors (Lipinski definition) is 2. The fourth-order valence-electron chi connectivity index (χ4n) is 4.68. The number of fused-ring (bicyclic) bond motifs is 2. The molecule has 10 heteroatoms. The molecule has 202 valence electrons. The van der Waals surface area contributed by atoms with E-state index in [1.807, 2.05) is 31.2 Å². The molecular weight excluding hydrogens is 506 g/mol. The van der Waals surface area contributed by atoms with Crippen LogP contribution in [0.3, 0.4) is 0 Å². The predicted octanol–water partition coefficient (Wildman–Crippen LogP) is 5.15. The molecule has 9 nitrogen and oxygen atoms in total. The number of aromatic nitrogens is 1. The van der Waals surface area contributed by atoms with E-state index in [2.05, 4.69) is 5.32 Å². The average molecular weight is 540 g/mol. The largest absolute Gasteiger partial charge is 0.443 e. The molecule has 1 aliphatic heterocycles. The van der Waals surface area contributed by atoms with Gasteiger partial charge in [0.1, 0.15) is 5.60 Å². The van der Waals surface area contributed by atoms with E-state index in [9.17, 15) is 18.0 Å². The minimum Gasteiger partial charge on any atom is -0.443 e. The number of carbonyl (C=O) groups is 2. The van der Waals surface area contributed by atoms with Crippen molar-refractivity contribution >= 4 is 38.6 Å². The maximum absolute atomic E-state index is 13.9. The van der Waals surface area contributed by atoms with Gasteiger partial charge in [-0.2, -0.15) is 8.42 Å². The van der Waals surface area contributed by atoms with Gasteiger partial charge in [-0.1, -0.05) is 43.7 Å². The lowest BCUT2D eigenvalue weighted by atomic mass is 10.00. The van der Waals surface area contributed by atoms with E-state index in [4.69, 9.17) is 14.3 Å². The first-order chi connectivity index (χ1) is 17.8. The Bertz CT molecular complexity index is 1530. The van der Waals surface area contributed by atoms with Gasteiger partial charge in [0.15, 0.2) is 5.75 Å². The van der Waals surface area contributed by atoms with Crippen LogP contribution < -0.4 is 9.50 Å². The van der Waals surface area contributed by atoms with Crippen LogP contribution in [0.4, 0.5) is 4.79 Å². The van der Waals surface area contributed by atoms with Crippen molar-refractivity contribution in [3.05, 3.63) is 64.8 Å². The lowest BCUT2D eigenvalue weighted by Crippen LogP contribution is -2.31. The summed E-state index contributed by atoms with van der Waals surface area (Å²) in [5.41, 5.74) is 2.18. The Morgan fingerprint density at radius 3 is 2.53 bits per heavy atom. The highest BCUT2D eigenvalue weighted by atomic mass is 32.2. The fraction of sp³-hybridized carbons (Fsp3) is 0.393. The molecular formula is C28H33N3O6S. The van der Waals surface area contributed by atoms with Crippen molar-refractivity contribution in [2.45, 2.75) is 65.1 Å². The van der Waals surface area contributed by atoms with Crippen molar-refractivity contribution in [2.75, 3.05) is 6.26 Å². The Balaban J connectivity index is 1.94. The highest BCUT2D eigenvalue weighted by Gasteiger charge is 2.34. The summed E-state index contributed by atoms with van der Waals surface area (Å²) >= 11 is 0. The van der Waals surface area contributed by atoms with Crippen molar-refractivity contribution in [3.8, 4) is 5.75 Å². The number of rotatable bonds is 8. The lowest BCUT2D eigenvalue weighted by molar-refractivity contribution is 0.0534. The van der Waals surface area contributed by atoms with Crippen LogP contribution in [0.2, 0.25) is 0 Å². The number of ketones is 1. The molecule has 0 bridgehead atoms. The fourth-order valence-corrected chi connectivity index (χ4v) is 5.17. The summed E-state index contributed by atoms with van der Waals surface area (Å²) in [6.07, 6.45) is 1.66. The van der Waals surface area contributed by atoms with Crippen molar-refractivity contribution in [1.82, 2.24) is 9.88 Å². The number of hydrogen-bond acceptors (Lipinski definition) is 8.